The number of nitrogens with one attached hydrogen (secondary N) is 1. The van der Waals surface area contributed by atoms with Crippen LogP contribution in [0.25, 0.3) is 0 Å². The van der Waals surface area contributed by atoms with Crippen molar-refractivity contribution in [3.8, 4) is 5.75 Å². The number of aryl methyl sites for hydroxylation is 1. The standard InChI is InChI=1S/C14H22N2O.2ClH/c1-3-12-5-4-6-13(14(12)17)11(2)16-9-7-15-8-10-16;;/h4-6,11,15,17H,3,7-10H2,1-2H3;2*1H/t11-;;/m0../s1. The molecule has 1 heterocycles. The number of rotatable bonds is 3. The predicted octanol–water partition coefficient (Wildman–Crippen LogP) is 2.76. The van der Waals surface area contributed by atoms with Crippen LogP contribution in [0.15, 0.2) is 18.2 Å². The predicted molar refractivity (Wildman–Crippen MR) is 84.8 cm³/mol. The first-order valence-corrected chi connectivity index (χ1v) is 6.49. The van der Waals surface area contributed by atoms with E-state index in [1.807, 2.05) is 18.2 Å². The van der Waals surface area contributed by atoms with E-state index in [2.05, 4.69) is 24.1 Å². The highest BCUT2D eigenvalue weighted by Gasteiger charge is 2.20. The van der Waals surface area contributed by atoms with Crippen molar-refractivity contribution in [1.29, 1.82) is 0 Å². The fraction of sp³-hybridized carbons (Fsp3) is 0.571. The normalized spacial score (nSPS) is 17.2. The van der Waals surface area contributed by atoms with E-state index in [1.54, 1.807) is 0 Å². The van der Waals surface area contributed by atoms with E-state index in [9.17, 15) is 5.11 Å². The summed E-state index contributed by atoms with van der Waals surface area (Å²) in [6.45, 7) is 8.44. The van der Waals surface area contributed by atoms with Gasteiger partial charge in [-0.05, 0) is 18.9 Å². The molecule has 0 saturated carbocycles. The number of benzene rings is 1. The third-order valence-electron chi connectivity index (χ3n) is 3.68. The van der Waals surface area contributed by atoms with E-state index < -0.39 is 0 Å². The zero-order valence-electron chi connectivity index (χ0n) is 11.6. The highest BCUT2D eigenvalue weighted by Crippen LogP contribution is 2.31. The molecule has 0 unspecified atom stereocenters. The number of phenolic OH excluding ortho intramolecular Hbond substituents is 1. The van der Waals surface area contributed by atoms with Gasteiger partial charge in [-0.25, -0.2) is 0 Å². The maximum Gasteiger partial charge on any atom is 0.123 e. The Morgan fingerprint density at radius 3 is 2.47 bits per heavy atom. The fourth-order valence-electron chi connectivity index (χ4n) is 2.50. The molecule has 2 N–H and O–H groups in total. The van der Waals surface area contributed by atoms with Gasteiger partial charge < -0.3 is 10.4 Å². The van der Waals surface area contributed by atoms with Gasteiger partial charge in [0.2, 0.25) is 0 Å². The molecule has 1 aliphatic heterocycles. The van der Waals surface area contributed by atoms with Crippen molar-refractivity contribution in [2.24, 2.45) is 0 Å². The van der Waals surface area contributed by atoms with E-state index in [1.165, 1.54) is 0 Å². The van der Waals surface area contributed by atoms with Crippen molar-refractivity contribution >= 4 is 24.8 Å². The Kier molecular flexibility index (Phi) is 8.42. The van der Waals surface area contributed by atoms with Gasteiger partial charge in [0.25, 0.3) is 0 Å². The van der Waals surface area contributed by atoms with Crippen LogP contribution in [0.3, 0.4) is 0 Å². The molecule has 1 fully saturated rings. The summed E-state index contributed by atoms with van der Waals surface area (Å²) in [6, 6.07) is 6.39. The molecule has 110 valence electrons. The number of hydrogen-bond donors (Lipinski definition) is 2. The average molecular weight is 307 g/mol. The van der Waals surface area contributed by atoms with Crippen LogP contribution in [0.1, 0.15) is 31.0 Å². The monoisotopic (exact) mass is 306 g/mol. The minimum Gasteiger partial charge on any atom is -0.507 e. The van der Waals surface area contributed by atoms with Crippen LogP contribution in [-0.4, -0.2) is 36.2 Å². The molecule has 2 rings (SSSR count). The summed E-state index contributed by atoms with van der Waals surface area (Å²) in [5, 5.41) is 13.6. The van der Waals surface area contributed by atoms with Crippen LogP contribution in [0.4, 0.5) is 0 Å². The van der Waals surface area contributed by atoms with Crippen molar-refractivity contribution < 1.29 is 5.11 Å². The van der Waals surface area contributed by atoms with Gasteiger partial charge in [0.05, 0.1) is 0 Å². The largest absolute Gasteiger partial charge is 0.507 e. The molecule has 0 bridgehead atoms. The molecule has 0 aliphatic carbocycles. The van der Waals surface area contributed by atoms with Crippen molar-refractivity contribution in [2.45, 2.75) is 26.3 Å². The molecule has 3 nitrogen and oxygen atoms in total. The van der Waals surface area contributed by atoms with Crippen LogP contribution in [0, 0.1) is 0 Å². The average Bonchev–Trinajstić information content (AvgIpc) is 2.39. The SMILES string of the molecule is CCc1cccc([C@H](C)N2CCNCC2)c1O.Cl.Cl. The van der Waals surface area contributed by atoms with Gasteiger partial charge in [0.1, 0.15) is 5.75 Å². The first-order chi connectivity index (χ1) is 8.24. The van der Waals surface area contributed by atoms with Gasteiger partial charge in [-0.15, -0.1) is 24.8 Å². The Morgan fingerprint density at radius 1 is 1.26 bits per heavy atom. The van der Waals surface area contributed by atoms with E-state index in [0.29, 0.717) is 11.8 Å². The van der Waals surface area contributed by atoms with Crippen LogP contribution in [0.5, 0.6) is 5.75 Å². The molecule has 1 aromatic rings. The fourth-order valence-corrected chi connectivity index (χ4v) is 2.50. The lowest BCUT2D eigenvalue weighted by Crippen LogP contribution is -2.44. The summed E-state index contributed by atoms with van der Waals surface area (Å²) in [5.41, 5.74) is 2.11. The summed E-state index contributed by atoms with van der Waals surface area (Å²) < 4.78 is 0. The second kappa shape index (κ2) is 8.64. The minimum atomic E-state index is 0. The first-order valence-electron chi connectivity index (χ1n) is 6.49. The van der Waals surface area contributed by atoms with E-state index in [0.717, 1.165) is 43.7 Å². The highest BCUT2D eigenvalue weighted by molar-refractivity contribution is 5.85. The van der Waals surface area contributed by atoms with Gasteiger partial charge in [0.15, 0.2) is 0 Å². The maximum absolute atomic E-state index is 10.2. The van der Waals surface area contributed by atoms with E-state index >= 15 is 0 Å². The second-order valence-corrected chi connectivity index (χ2v) is 4.67. The molecular weight excluding hydrogens is 283 g/mol. The molecule has 1 atom stereocenters. The Bertz CT molecular complexity index is 382. The van der Waals surface area contributed by atoms with Gasteiger partial charge >= 0.3 is 0 Å². The zero-order chi connectivity index (χ0) is 12.3. The molecule has 0 radical (unpaired) electrons. The summed E-state index contributed by atoms with van der Waals surface area (Å²) in [6.07, 6.45) is 0.883. The quantitative estimate of drug-likeness (QED) is 0.901. The summed E-state index contributed by atoms with van der Waals surface area (Å²) >= 11 is 0. The van der Waals surface area contributed by atoms with Gasteiger partial charge in [0, 0.05) is 37.8 Å². The molecule has 0 aromatic heterocycles. The second-order valence-electron chi connectivity index (χ2n) is 4.67. The Hall–Kier alpha value is -0.480. The molecule has 1 aliphatic rings. The summed E-state index contributed by atoms with van der Waals surface area (Å²) in [4.78, 5) is 2.42. The number of halogens is 2. The van der Waals surface area contributed by atoms with Crippen LogP contribution < -0.4 is 5.32 Å². The highest BCUT2D eigenvalue weighted by atomic mass is 35.5. The smallest absolute Gasteiger partial charge is 0.123 e. The molecule has 19 heavy (non-hydrogen) atoms. The Morgan fingerprint density at radius 2 is 1.89 bits per heavy atom. The zero-order valence-corrected chi connectivity index (χ0v) is 13.2. The third-order valence-corrected chi connectivity index (χ3v) is 3.68. The number of para-hydroxylation sites is 1. The lowest BCUT2D eigenvalue weighted by molar-refractivity contribution is 0.183. The van der Waals surface area contributed by atoms with Gasteiger partial charge in [-0.3, -0.25) is 4.90 Å². The Balaban J connectivity index is 0.00000162. The molecule has 1 aromatic carbocycles. The summed E-state index contributed by atoms with van der Waals surface area (Å²) in [7, 11) is 0. The number of phenols is 1. The van der Waals surface area contributed by atoms with E-state index in [4.69, 9.17) is 0 Å². The first kappa shape index (κ1) is 18.5. The minimum absolute atomic E-state index is 0. The van der Waals surface area contributed by atoms with Crippen LogP contribution in [0.2, 0.25) is 0 Å². The molecule has 5 heteroatoms. The lowest BCUT2D eigenvalue weighted by Gasteiger charge is -2.33. The van der Waals surface area contributed by atoms with Crippen molar-refractivity contribution in [3.05, 3.63) is 29.3 Å². The van der Waals surface area contributed by atoms with Crippen molar-refractivity contribution in [2.75, 3.05) is 26.2 Å². The van der Waals surface area contributed by atoms with Gasteiger partial charge in [-0.2, -0.15) is 0 Å². The van der Waals surface area contributed by atoms with Crippen molar-refractivity contribution in [3.63, 3.8) is 0 Å². The number of piperazine rings is 1. The summed E-state index contributed by atoms with van der Waals surface area (Å²) in [5.74, 6) is 0.487. The van der Waals surface area contributed by atoms with Crippen molar-refractivity contribution in [1.82, 2.24) is 10.2 Å². The number of nitrogens with zero attached hydrogens (tertiary/aromatic N) is 1. The third kappa shape index (κ3) is 4.25. The van der Waals surface area contributed by atoms with Gasteiger partial charge in [-0.1, -0.05) is 25.1 Å². The van der Waals surface area contributed by atoms with E-state index in [-0.39, 0.29) is 24.8 Å². The lowest BCUT2D eigenvalue weighted by atomic mass is 10.0. The molecule has 0 spiro atoms. The number of hydrogen-bond acceptors (Lipinski definition) is 3. The number of aromatic hydroxyl groups is 1. The molecule has 1 saturated heterocycles. The van der Waals surface area contributed by atoms with Crippen LogP contribution in [-0.2, 0) is 6.42 Å². The molecule has 0 amide bonds. The topological polar surface area (TPSA) is 35.5 Å². The molecular formula is C14H24Cl2N2O. The Labute approximate surface area is 128 Å². The van der Waals surface area contributed by atoms with Crippen LogP contribution >= 0.6 is 24.8 Å². The maximum atomic E-state index is 10.2.